The maximum Gasteiger partial charge on any atom is 0.407 e. The molecule has 3 rings (SSSR count). The van der Waals surface area contributed by atoms with Gasteiger partial charge in [0.1, 0.15) is 18.2 Å². The first-order valence-electron chi connectivity index (χ1n) is 12.1. The highest BCUT2D eigenvalue weighted by Gasteiger charge is 2.30. The molecule has 1 aliphatic rings. The van der Waals surface area contributed by atoms with E-state index < -0.39 is 29.7 Å². The number of rotatable bonds is 8. The van der Waals surface area contributed by atoms with Crippen LogP contribution in [0.4, 0.5) is 4.79 Å². The van der Waals surface area contributed by atoms with E-state index in [1.54, 1.807) is 6.92 Å². The van der Waals surface area contributed by atoms with E-state index in [9.17, 15) is 9.59 Å². The minimum atomic E-state index is -0.638. The van der Waals surface area contributed by atoms with Crippen molar-refractivity contribution in [3.8, 4) is 11.1 Å². The number of hydrogen-bond acceptors (Lipinski definition) is 5. The van der Waals surface area contributed by atoms with Crippen LogP contribution in [0, 0.1) is 5.92 Å². The van der Waals surface area contributed by atoms with Crippen LogP contribution in [0.1, 0.15) is 65.0 Å². The predicted molar refractivity (Wildman–Crippen MR) is 142 cm³/mol. The van der Waals surface area contributed by atoms with Gasteiger partial charge < -0.3 is 20.1 Å². The maximum absolute atomic E-state index is 12.8. The summed E-state index contributed by atoms with van der Waals surface area (Å²) in [4.78, 5) is 25.6. The Morgan fingerprint density at radius 3 is 2.00 bits per heavy atom. The van der Waals surface area contributed by atoms with Gasteiger partial charge in [-0.3, -0.25) is 0 Å². The van der Waals surface area contributed by atoms with Crippen LogP contribution in [-0.2, 0) is 14.3 Å². The van der Waals surface area contributed by atoms with Gasteiger partial charge in [0.25, 0.3) is 0 Å². The molecule has 2 aromatic rings. The highest BCUT2D eigenvalue weighted by molar-refractivity contribution is 7.80. The lowest BCUT2D eigenvalue weighted by atomic mass is 9.98. The van der Waals surface area contributed by atoms with Gasteiger partial charge in [-0.25, -0.2) is 9.59 Å². The number of alkyl carbamates (subject to hydrolysis) is 1. The lowest BCUT2D eigenvalue weighted by molar-refractivity contribution is -0.156. The second-order valence-corrected chi connectivity index (χ2v) is 10.9. The van der Waals surface area contributed by atoms with Crippen molar-refractivity contribution in [2.75, 3.05) is 6.61 Å². The molecule has 0 spiro atoms. The SMILES string of the molecule is CC(C)C[C@H](NC(=O)OCC1c2ccccc2-c2ccccc21)C(=S)N[C@@H](C)C(=O)OC(C)(C)C. The van der Waals surface area contributed by atoms with Crippen LogP contribution in [0.5, 0.6) is 0 Å². The van der Waals surface area contributed by atoms with Gasteiger partial charge in [-0.2, -0.15) is 0 Å². The van der Waals surface area contributed by atoms with Crippen LogP contribution in [-0.4, -0.2) is 41.3 Å². The van der Waals surface area contributed by atoms with Crippen molar-refractivity contribution in [1.29, 1.82) is 0 Å². The van der Waals surface area contributed by atoms with Gasteiger partial charge >= 0.3 is 12.1 Å². The number of ether oxygens (including phenoxy) is 2. The number of amides is 1. The van der Waals surface area contributed by atoms with Gasteiger partial charge in [0.2, 0.25) is 0 Å². The van der Waals surface area contributed by atoms with Crippen LogP contribution >= 0.6 is 12.2 Å². The monoisotopic (exact) mass is 496 g/mol. The van der Waals surface area contributed by atoms with Crippen molar-refractivity contribution in [2.45, 2.75) is 71.6 Å². The molecule has 0 fully saturated rings. The molecule has 1 aliphatic carbocycles. The molecule has 0 radical (unpaired) electrons. The first-order chi connectivity index (χ1) is 16.5. The number of benzene rings is 2. The molecular weight excluding hydrogens is 460 g/mol. The topological polar surface area (TPSA) is 76.7 Å². The van der Waals surface area contributed by atoms with Crippen LogP contribution in [0.25, 0.3) is 11.1 Å². The van der Waals surface area contributed by atoms with E-state index in [1.165, 1.54) is 11.1 Å². The highest BCUT2D eigenvalue weighted by Crippen LogP contribution is 2.44. The summed E-state index contributed by atoms with van der Waals surface area (Å²) in [5, 5.41) is 5.92. The minimum Gasteiger partial charge on any atom is -0.458 e. The zero-order valence-corrected chi connectivity index (χ0v) is 22.2. The van der Waals surface area contributed by atoms with E-state index in [0.717, 1.165) is 11.1 Å². The number of esters is 1. The van der Waals surface area contributed by atoms with E-state index in [2.05, 4.69) is 34.9 Å². The van der Waals surface area contributed by atoms with Crippen molar-refractivity contribution in [3.05, 3.63) is 59.7 Å². The number of hydrogen-bond donors (Lipinski definition) is 2. The number of fused-ring (bicyclic) bond motifs is 3. The molecule has 7 heteroatoms. The fourth-order valence-electron chi connectivity index (χ4n) is 4.25. The highest BCUT2D eigenvalue weighted by atomic mass is 32.1. The van der Waals surface area contributed by atoms with Gasteiger partial charge in [-0.05, 0) is 62.3 Å². The lowest BCUT2D eigenvalue weighted by Crippen LogP contribution is -2.51. The molecule has 0 aliphatic heterocycles. The van der Waals surface area contributed by atoms with Crippen LogP contribution in [0.2, 0.25) is 0 Å². The van der Waals surface area contributed by atoms with Crippen molar-refractivity contribution in [3.63, 3.8) is 0 Å². The minimum absolute atomic E-state index is 0.0195. The fourth-order valence-corrected chi connectivity index (χ4v) is 4.58. The summed E-state index contributed by atoms with van der Waals surface area (Å²) in [6.45, 7) is 11.5. The third kappa shape index (κ3) is 7.04. The van der Waals surface area contributed by atoms with Crippen molar-refractivity contribution >= 4 is 29.3 Å². The second-order valence-electron chi connectivity index (χ2n) is 10.4. The molecule has 0 saturated carbocycles. The molecule has 0 heterocycles. The molecule has 2 aromatic carbocycles. The van der Waals surface area contributed by atoms with Gasteiger partial charge in [-0.1, -0.05) is 74.6 Å². The summed E-state index contributed by atoms with van der Waals surface area (Å²) < 4.78 is 11.1. The number of carbonyl (C=O) groups excluding carboxylic acids is 2. The van der Waals surface area contributed by atoms with Crippen LogP contribution in [0.3, 0.4) is 0 Å². The number of thiocarbonyl (C=S) groups is 1. The zero-order valence-electron chi connectivity index (χ0n) is 21.4. The predicted octanol–water partition coefficient (Wildman–Crippen LogP) is 5.59. The maximum atomic E-state index is 12.8. The van der Waals surface area contributed by atoms with Crippen LogP contribution < -0.4 is 10.6 Å². The van der Waals surface area contributed by atoms with Gasteiger partial charge in [0.15, 0.2) is 0 Å². The molecule has 0 unspecified atom stereocenters. The Bertz CT molecular complexity index is 1030. The Morgan fingerprint density at radius 2 is 1.49 bits per heavy atom. The molecule has 2 N–H and O–H groups in total. The van der Waals surface area contributed by atoms with Crippen molar-refractivity contribution in [1.82, 2.24) is 10.6 Å². The van der Waals surface area contributed by atoms with E-state index in [0.29, 0.717) is 11.4 Å². The normalized spacial score (nSPS) is 14.5. The molecule has 1 amide bonds. The molecule has 188 valence electrons. The smallest absolute Gasteiger partial charge is 0.407 e. The quantitative estimate of drug-likeness (QED) is 0.367. The molecule has 35 heavy (non-hydrogen) atoms. The lowest BCUT2D eigenvalue weighted by Gasteiger charge is -2.26. The van der Waals surface area contributed by atoms with Crippen LogP contribution in [0.15, 0.2) is 48.5 Å². The third-order valence-electron chi connectivity index (χ3n) is 5.78. The Labute approximate surface area is 213 Å². The molecule has 6 nitrogen and oxygen atoms in total. The largest absolute Gasteiger partial charge is 0.458 e. The standard InChI is InChI=1S/C28H36N2O4S/c1-17(2)15-24(25(35)29-18(3)26(31)34-28(4,5)6)30-27(32)33-16-23-21-13-9-7-11-19(21)20-12-8-10-14-22(20)23/h7-14,17-18,23-24H,15-16H2,1-6H3,(H,29,35)(H,30,32)/t18-,24-/m0/s1. The fraction of sp³-hybridized carbons (Fsp3) is 0.464. The molecule has 0 bridgehead atoms. The molecule has 2 atom stereocenters. The third-order valence-corrected chi connectivity index (χ3v) is 6.18. The van der Waals surface area contributed by atoms with Gasteiger partial charge in [0, 0.05) is 5.92 Å². The first-order valence-corrected chi connectivity index (χ1v) is 12.5. The zero-order chi connectivity index (χ0) is 25.8. The average Bonchev–Trinajstić information content (AvgIpc) is 3.09. The van der Waals surface area contributed by atoms with E-state index in [4.69, 9.17) is 21.7 Å². The van der Waals surface area contributed by atoms with Crippen molar-refractivity contribution < 1.29 is 19.1 Å². The summed E-state index contributed by atoms with van der Waals surface area (Å²) >= 11 is 5.56. The Kier molecular flexibility index (Phi) is 8.54. The van der Waals surface area contributed by atoms with E-state index in [-0.39, 0.29) is 18.4 Å². The number of carbonyl (C=O) groups is 2. The summed E-state index contributed by atoms with van der Waals surface area (Å²) in [5.74, 6) is -0.149. The first kappa shape index (κ1) is 26.7. The Hall–Kier alpha value is -2.93. The summed E-state index contributed by atoms with van der Waals surface area (Å²) in [7, 11) is 0. The van der Waals surface area contributed by atoms with Gasteiger partial charge in [-0.15, -0.1) is 0 Å². The second kappa shape index (κ2) is 11.2. The Morgan fingerprint density at radius 1 is 0.943 bits per heavy atom. The molecule has 0 saturated heterocycles. The molecule has 0 aromatic heterocycles. The Balaban J connectivity index is 1.63. The summed E-state index contributed by atoms with van der Waals surface area (Å²) in [6, 6.07) is 15.3. The van der Waals surface area contributed by atoms with E-state index in [1.807, 2.05) is 58.9 Å². The van der Waals surface area contributed by atoms with Gasteiger partial charge in [0.05, 0.1) is 11.0 Å². The summed E-state index contributed by atoms with van der Waals surface area (Å²) in [6.07, 6.45) is 0.0726. The molecular formula is C28H36N2O4S. The average molecular weight is 497 g/mol. The number of nitrogens with one attached hydrogen (secondary N) is 2. The van der Waals surface area contributed by atoms with Crippen molar-refractivity contribution in [2.24, 2.45) is 5.92 Å². The van der Waals surface area contributed by atoms with E-state index >= 15 is 0 Å². The summed E-state index contributed by atoms with van der Waals surface area (Å²) in [5.41, 5.74) is 4.07.